The first-order valence-corrected chi connectivity index (χ1v) is 12.4. The Balaban J connectivity index is 1.42. The third-order valence-corrected chi connectivity index (χ3v) is 6.83. The third kappa shape index (κ3) is 4.70. The summed E-state index contributed by atoms with van der Waals surface area (Å²) in [5.74, 6) is -0.488. The lowest BCUT2D eigenvalue weighted by Crippen LogP contribution is -2.29. The van der Waals surface area contributed by atoms with Crippen LogP contribution in [0.4, 0.5) is 4.39 Å². The number of aromatic nitrogens is 4. The van der Waals surface area contributed by atoms with Crippen LogP contribution in [0, 0.1) is 19.7 Å². The Morgan fingerprint density at radius 1 is 1.08 bits per heavy atom. The van der Waals surface area contributed by atoms with Crippen LogP contribution in [0.3, 0.4) is 0 Å². The molecule has 0 fully saturated rings. The number of rotatable bonds is 7. The quantitative estimate of drug-likeness (QED) is 0.361. The SMILES string of the molecule is Cc1nc2scc(CC(=O)NCCc3ccccc3)n2c(=O)c1-c1cc(C)n(-c2ccc(F)cc2)n1. The van der Waals surface area contributed by atoms with E-state index in [1.165, 1.54) is 27.9 Å². The van der Waals surface area contributed by atoms with Gasteiger partial charge < -0.3 is 5.32 Å². The Morgan fingerprint density at radius 2 is 1.83 bits per heavy atom. The number of hydrogen-bond donors (Lipinski definition) is 1. The summed E-state index contributed by atoms with van der Waals surface area (Å²) in [5, 5.41) is 9.35. The highest BCUT2D eigenvalue weighted by Crippen LogP contribution is 2.23. The molecule has 9 heteroatoms. The molecule has 0 aliphatic rings. The van der Waals surface area contributed by atoms with Gasteiger partial charge in [0.05, 0.1) is 23.4 Å². The van der Waals surface area contributed by atoms with Crippen molar-refractivity contribution < 1.29 is 9.18 Å². The maximum absolute atomic E-state index is 13.6. The van der Waals surface area contributed by atoms with Gasteiger partial charge in [0.15, 0.2) is 4.96 Å². The molecule has 2 aromatic carbocycles. The summed E-state index contributed by atoms with van der Waals surface area (Å²) < 4.78 is 16.5. The van der Waals surface area contributed by atoms with E-state index in [4.69, 9.17) is 0 Å². The molecule has 0 bridgehead atoms. The number of amides is 1. The molecular formula is C27H24FN5O2S. The summed E-state index contributed by atoms with van der Waals surface area (Å²) in [6.07, 6.45) is 0.805. The van der Waals surface area contributed by atoms with Gasteiger partial charge >= 0.3 is 0 Å². The molecule has 0 saturated heterocycles. The number of aryl methyl sites for hydroxylation is 2. The van der Waals surface area contributed by atoms with Crippen molar-refractivity contribution in [3.8, 4) is 16.9 Å². The first-order valence-electron chi connectivity index (χ1n) is 11.5. The van der Waals surface area contributed by atoms with Gasteiger partial charge in [0.1, 0.15) is 11.5 Å². The number of nitrogens with zero attached hydrogens (tertiary/aromatic N) is 4. The van der Waals surface area contributed by atoms with Crippen LogP contribution in [0.25, 0.3) is 21.9 Å². The molecule has 0 atom stereocenters. The van der Waals surface area contributed by atoms with E-state index in [2.05, 4.69) is 15.4 Å². The number of carbonyl (C=O) groups is 1. The Bertz CT molecular complexity index is 1600. The summed E-state index contributed by atoms with van der Waals surface area (Å²) >= 11 is 1.33. The average Bonchev–Trinajstić information content (AvgIpc) is 3.43. The monoisotopic (exact) mass is 501 g/mol. The summed E-state index contributed by atoms with van der Waals surface area (Å²) in [4.78, 5) is 31.4. The number of benzene rings is 2. The van der Waals surface area contributed by atoms with Crippen LogP contribution in [-0.4, -0.2) is 31.6 Å². The molecule has 3 aromatic heterocycles. The third-order valence-electron chi connectivity index (χ3n) is 5.96. The lowest BCUT2D eigenvalue weighted by Gasteiger charge is -2.07. The lowest BCUT2D eigenvalue weighted by molar-refractivity contribution is -0.120. The molecule has 0 aliphatic carbocycles. The van der Waals surface area contributed by atoms with E-state index in [1.54, 1.807) is 29.1 Å². The van der Waals surface area contributed by atoms with Gasteiger partial charge in [-0.25, -0.2) is 14.1 Å². The molecule has 0 radical (unpaired) electrons. The van der Waals surface area contributed by atoms with Gasteiger partial charge in [-0.15, -0.1) is 11.3 Å². The van der Waals surface area contributed by atoms with E-state index in [9.17, 15) is 14.0 Å². The van der Waals surface area contributed by atoms with Crippen molar-refractivity contribution in [1.82, 2.24) is 24.5 Å². The van der Waals surface area contributed by atoms with Crippen molar-refractivity contribution in [2.75, 3.05) is 6.54 Å². The van der Waals surface area contributed by atoms with Crippen LogP contribution >= 0.6 is 11.3 Å². The van der Waals surface area contributed by atoms with Crippen molar-refractivity contribution >= 4 is 22.2 Å². The van der Waals surface area contributed by atoms with Crippen molar-refractivity contribution in [3.05, 3.63) is 105 Å². The van der Waals surface area contributed by atoms with Gasteiger partial charge in [0.2, 0.25) is 5.91 Å². The minimum atomic E-state index is -0.332. The largest absolute Gasteiger partial charge is 0.355 e. The van der Waals surface area contributed by atoms with Crippen molar-refractivity contribution in [2.24, 2.45) is 0 Å². The minimum absolute atomic E-state index is 0.0714. The number of nitrogens with one attached hydrogen (secondary N) is 1. The Hall–Kier alpha value is -4.11. The van der Waals surface area contributed by atoms with Crippen LogP contribution in [0.15, 0.2) is 70.8 Å². The molecule has 0 unspecified atom stereocenters. The summed E-state index contributed by atoms with van der Waals surface area (Å²) in [6, 6.07) is 17.7. The fourth-order valence-corrected chi connectivity index (χ4v) is 5.11. The number of halogens is 1. The van der Waals surface area contributed by atoms with Crippen molar-refractivity contribution in [2.45, 2.75) is 26.7 Å². The van der Waals surface area contributed by atoms with Gasteiger partial charge in [-0.2, -0.15) is 5.10 Å². The topological polar surface area (TPSA) is 81.3 Å². The van der Waals surface area contributed by atoms with Gasteiger partial charge in [-0.3, -0.25) is 14.0 Å². The first-order chi connectivity index (χ1) is 17.4. The molecular weight excluding hydrogens is 477 g/mol. The molecule has 7 nitrogen and oxygen atoms in total. The van der Waals surface area contributed by atoms with E-state index in [1.807, 2.05) is 43.3 Å². The number of carbonyl (C=O) groups excluding carboxylic acids is 1. The van der Waals surface area contributed by atoms with Crippen LogP contribution in [-0.2, 0) is 17.6 Å². The highest BCUT2D eigenvalue weighted by molar-refractivity contribution is 7.15. The standard InChI is InChI=1S/C27H24FN5O2S/c1-17-14-23(31-33(17)21-10-8-20(28)9-11-21)25-18(2)30-27-32(26(25)35)22(16-36-27)15-24(34)29-13-12-19-6-4-3-5-7-19/h3-11,14,16H,12-13,15H2,1-2H3,(H,29,34). The van der Waals surface area contributed by atoms with Gasteiger partial charge in [0, 0.05) is 23.3 Å². The molecule has 36 heavy (non-hydrogen) atoms. The summed E-state index contributed by atoms with van der Waals surface area (Å²) in [7, 11) is 0. The second-order valence-electron chi connectivity index (χ2n) is 8.54. The average molecular weight is 502 g/mol. The number of fused-ring (bicyclic) bond motifs is 1. The highest BCUT2D eigenvalue weighted by Gasteiger charge is 2.20. The Morgan fingerprint density at radius 3 is 2.58 bits per heavy atom. The predicted molar refractivity (Wildman–Crippen MR) is 138 cm³/mol. The van der Waals surface area contributed by atoms with Crippen LogP contribution in [0.5, 0.6) is 0 Å². The smallest absolute Gasteiger partial charge is 0.268 e. The van der Waals surface area contributed by atoms with Crippen LogP contribution < -0.4 is 10.9 Å². The maximum Gasteiger partial charge on any atom is 0.268 e. The number of thiazole rings is 1. The summed E-state index contributed by atoms with van der Waals surface area (Å²) in [6.45, 7) is 4.16. The lowest BCUT2D eigenvalue weighted by atomic mass is 10.1. The normalized spacial score (nSPS) is 11.2. The van der Waals surface area contributed by atoms with Gasteiger partial charge in [-0.05, 0) is 56.2 Å². The van der Waals surface area contributed by atoms with E-state index in [0.717, 1.165) is 17.7 Å². The van der Waals surface area contributed by atoms with Crippen LogP contribution in [0.2, 0.25) is 0 Å². The predicted octanol–water partition coefficient (Wildman–Crippen LogP) is 4.27. The highest BCUT2D eigenvalue weighted by atomic mass is 32.1. The molecule has 5 aromatic rings. The molecule has 0 saturated carbocycles. The van der Waals surface area contributed by atoms with Crippen LogP contribution in [0.1, 0.15) is 22.6 Å². The molecule has 3 heterocycles. The zero-order chi connectivity index (χ0) is 25.2. The Kier molecular flexibility index (Phi) is 6.47. The molecule has 1 N–H and O–H groups in total. The van der Waals surface area contributed by atoms with E-state index < -0.39 is 0 Å². The fraction of sp³-hybridized carbons (Fsp3) is 0.185. The molecule has 1 amide bonds. The van der Waals surface area contributed by atoms with Gasteiger partial charge in [-0.1, -0.05) is 30.3 Å². The molecule has 0 aliphatic heterocycles. The number of hydrogen-bond acceptors (Lipinski definition) is 5. The van der Waals surface area contributed by atoms with Gasteiger partial charge in [0.25, 0.3) is 5.56 Å². The minimum Gasteiger partial charge on any atom is -0.355 e. The maximum atomic E-state index is 13.6. The van der Waals surface area contributed by atoms with Crippen molar-refractivity contribution in [1.29, 1.82) is 0 Å². The second kappa shape index (κ2) is 9.87. The van der Waals surface area contributed by atoms with E-state index >= 15 is 0 Å². The molecule has 5 rings (SSSR count). The molecule has 0 spiro atoms. The van der Waals surface area contributed by atoms with E-state index in [-0.39, 0.29) is 23.7 Å². The zero-order valence-corrected chi connectivity index (χ0v) is 20.7. The summed E-state index contributed by atoms with van der Waals surface area (Å²) in [5.41, 5.74) is 4.36. The first kappa shape index (κ1) is 23.6. The Labute approximate surface area is 210 Å². The van der Waals surface area contributed by atoms with Crippen molar-refractivity contribution in [3.63, 3.8) is 0 Å². The van der Waals surface area contributed by atoms with E-state index in [0.29, 0.717) is 39.8 Å². The molecule has 182 valence electrons. The fourth-order valence-electron chi connectivity index (χ4n) is 4.18. The zero-order valence-electron chi connectivity index (χ0n) is 19.9. The second-order valence-corrected chi connectivity index (χ2v) is 9.38.